The molecule has 0 radical (unpaired) electrons. The van der Waals surface area contributed by atoms with Gasteiger partial charge in [0.2, 0.25) is 0 Å². The Morgan fingerprint density at radius 1 is 0.971 bits per heavy atom. The molecule has 0 aliphatic carbocycles. The number of amides is 1. The van der Waals surface area contributed by atoms with E-state index in [-0.39, 0.29) is 24.2 Å². The first kappa shape index (κ1) is 25.3. The lowest BCUT2D eigenvalue weighted by atomic mass is 10.1. The van der Waals surface area contributed by atoms with Gasteiger partial charge in [-0.05, 0) is 68.3 Å². The second-order valence-electron chi connectivity index (χ2n) is 8.05. The van der Waals surface area contributed by atoms with E-state index >= 15 is 0 Å². The Morgan fingerprint density at radius 3 is 2.21 bits per heavy atom. The standard InChI is InChI=1S/C25H24F3NO4S/c1-17(2)29(24(30)23-10-5-4-7-18(23)3)16-19-11-13-21(14-12-19)33-34(31,32)22-9-6-8-20(15-22)25(26,27)28/h4-15,17H,16H2,1-3H3. The summed E-state index contributed by atoms with van der Waals surface area (Å²) < 4.78 is 68.7. The minimum Gasteiger partial charge on any atom is -0.379 e. The van der Waals surface area contributed by atoms with Gasteiger partial charge in [-0.25, -0.2) is 0 Å². The van der Waals surface area contributed by atoms with Gasteiger partial charge in [-0.1, -0.05) is 36.4 Å². The summed E-state index contributed by atoms with van der Waals surface area (Å²) in [4.78, 5) is 14.2. The van der Waals surface area contributed by atoms with E-state index in [4.69, 9.17) is 4.18 Å². The van der Waals surface area contributed by atoms with Crippen LogP contribution in [0.25, 0.3) is 0 Å². The molecule has 3 aromatic rings. The van der Waals surface area contributed by atoms with Crippen LogP contribution in [0.15, 0.2) is 77.7 Å². The quantitative estimate of drug-likeness (QED) is 0.390. The molecule has 1 amide bonds. The second kappa shape index (κ2) is 9.89. The Labute approximate surface area is 196 Å². The largest absolute Gasteiger partial charge is 0.416 e. The van der Waals surface area contributed by atoms with Gasteiger partial charge in [0.15, 0.2) is 0 Å². The molecule has 3 rings (SSSR count). The third-order valence-corrected chi connectivity index (χ3v) is 6.44. The highest BCUT2D eigenvalue weighted by Gasteiger charge is 2.32. The first-order chi connectivity index (χ1) is 15.9. The van der Waals surface area contributed by atoms with Gasteiger partial charge in [0.25, 0.3) is 5.91 Å². The molecule has 0 aliphatic heterocycles. The minimum atomic E-state index is -4.68. The van der Waals surface area contributed by atoms with Crippen LogP contribution in [-0.2, 0) is 22.8 Å². The normalized spacial score (nSPS) is 12.0. The Morgan fingerprint density at radius 2 is 1.62 bits per heavy atom. The van der Waals surface area contributed by atoms with Gasteiger partial charge >= 0.3 is 16.3 Å². The van der Waals surface area contributed by atoms with E-state index in [1.54, 1.807) is 29.2 Å². The molecule has 3 aromatic carbocycles. The molecular weight excluding hydrogens is 467 g/mol. The highest BCUT2D eigenvalue weighted by molar-refractivity contribution is 7.87. The van der Waals surface area contributed by atoms with E-state index in [0.717, 1.165) is 29.3 Å². The molecule has 0 bridgehead atoms. The minimum absolute atomic E-state index is 0.0533. The zero-order valence-electron chi connectivity index (χ0n) is 18.8. The van der Waals surface area contributed by atoms with Crippen LogP contribution >= 0.6 is 0 Å². The number of aryl methyl sites for hydroxylation is 1. The molecule has 34 heavy (non-hydrogen) atoms. The molecule has 9 heteroatoms. The first-order valence-electron chi connectivity index (χ1n) is 10.5. The van der Waals surface area contributed by atoms with Crippen LogP contribution in [0.4, 0.5) is 13.2 Å². The maximum Gasteiger partial charge on any atom is 0.416 e. The van der Waals surface area contributed by atoms with Crippen molar-refractivity contribution in [1.29, 1.82) is 0 Å². The fourth-order valence-corrected chi connectivity index (χ4v) is 4.28. The van der Waals surface area contributed by atoms with Gasteiger partial charge in [-0.15, -0.1) is 0 Å². The topological polar surface area (TPSA) is 63.7 Å². The van der Waals surface area contributed by atoms with Crippen LogP contribution in [0, 0.1) is 6.92 Å². The van der Waals surface area contributed by atoms with Crippen LogP contribution in [-0.4, -0.2) is 25.3 Å². The average molecular weight is 492 g/mol. The van der Waals surface area contributed by atoms with Gasteiger partial charge in [-0.2, -0.15) is 21.6 Å². The fraction of sp³-hybridized carbons (Fsp3) is 0.240. The molecule has 0 aromatic heterocycles. The smallest absolute Gasteiger partial charge is 0.379 e. The molecule has 0 fully saturated rings. The van der Waals surface area contributed by atoms with Crippen molar-refractivity contribution in [1.82, 2.24) is 4.90 Å². The van der Waals surface area contributed by atoms with Crippen molar-refractivity contribution in [3.63, 3.8) is 0 Å². The van der Waals surface area contributed by atoms with E-state index in [1.165, 1.54) is 12.1 Å². The van der Waals surface area contributed by atoms with Crippen molar-refractivity contribution in [2.45, 2.75) is 44.4 Å². The average Bonchev–Trinajstić information content (AvgIpc) is 2.77. The summed E-state index contributed by atoms with van der Waals surface area (Å²) in [6.45, 7) is 5.94. The number of hydrogen-bond donors (Lipinski definition) is 0. The van der Waals surface area contributed by atoms with Crippen LogP contribution < -0.4 is 4.18 Å². The third-order valence-electron chi connectivity index (χ3n) is 5.19. The third kappa shape index (κ3) is 5.96. The molecule has 0 saturated heterocycles. The van der Waals surface area contributed by atoms with Gasteiger partial charge < -0.3 is 9.08 Å². The van der Waals surface area contributed by atoms with Crippen LogP contribution in [0.2, 0.25) is 0 Å². The van der Waals surface area contributed by atoms with Gasteiger partial charge in [0.05, 0.1) is 5.56 Å². The molecule has 0 N–H and O–H groups in total. The van der Waals surface area contributed by atoms with Crippen molar-refractivity contribution in [3.8, 4) is 5.75 Å². The van der Waals surface area contributed by atoms with Gasteiger partial charge in [-0.3, -0.25) is 4.79 Å². The Hall–Kier alpha value is -3.33. The van der Waals surface area contributed by atoms with Crippen LogP contribution in [0.3, 0.4) is 0 Å². The van der Waals surface area contributed by atoms with Gasteiger partial charge in [0.1, 0.15) is 10.6 Å². The van der Waals surface area contributed by atoms with Crippen molar-refractivity contribution in [3.05, 3.63) is 95.1 Å². The lowest BCUT2D eigenvalue weighted by molar-refractivity contribution is -0.137. The van der Waals surface area contributed by atoms with E-state index in [0.29, 0.717) is 11.6 Å². The number of carbonyl (C=O) groups excluding carboxylic acids is 1. The molecule has 0 aliphatic rings. The summed E-state index contributed by atoms with van der Waals surface area (Å²) in [5, 5.41) is 0. The predicted octanol–water partition coefficient (Wildman–Crippen LogP) is 5.83. The monoisotopic (exact) mass is 491 g/mol. The zero-order chi connectivity index (χ0) is 25.1. The summed E-state index contributed by atoms with van der Waals surface area (Å²) in [7, 11) is -4.46. The predicted molar refractivity (Wildman–Crippen MR) is 122 cm³/mol. The number of carbonyl (C=O) groups is 1. The van der Waals surface area contributed by atoms with Crippen LogP contribution in [0.1, 0.15) is 40.9 Å². The molecule has 5 nitrogen and oxygen atoms in total. The highest BCUT2D eigenvalue weighted by Crippen LogP contribution is 2.31. The summed E-state index contributed by atoms with van der Waals surface area (Å²) >= 11 is 0. The zero-order valence-corrected chi connectivity index (χ0v) is 19.7. The Bertz CT molecular complexity index is 1270. The van der Waals surface area contributed by atoms with E-state index in [1.807, 2.05) is 32.9 Å². The van der Waals surface area contributed by atoms with Gasteiger partial charge in [0, 0.05) is 18.2 Å². The molecule has 0 atom stereocenters. The maximum atomic E-state index is 13.1. The number of alkyl halides is 3. The van der Waals surface area contributed by atoms with E-state index in [2.05, 4.69) is 0 Å². The van der Waals surface area contributed by atoms with E-state index in [9.17, 15) is 26.4 Å². The summed E-state index contributed by atoms with van der Waals surface area (Å²) in [5.41, 5.74) is 1.11. The lowest BCUT2D eigenvalue weighted by Crippen LogP contribution is -2.36. The van der Waals surface area contributed by atoms with Crippen molar-refractivity contribution >= 4 is 16.0 Å². The second-order valence-corrected chi connectivity index (χ2v) is 9.60. The molecule has 0 spiro atoms. The summed E-state index contributed by atoms with van der Waals surface area (Å²) in [6.07, 6.45) is -4.68. The summed E-state index contributed by atoms with van der Waals surface area (Å²) in [5.74, 6) is -0.178. The molecule has 0 heterocycles. The van der Waals surface area contributed by atoms with Crippen molar-refractivity contribution < 1.29 is 30.6 Å². The van der Waals surface area contributed by atoms with Crippen molar-refractivity contribution in [2.24, 2.45) is 0 Å². The maximum absolute atomic E-state index is 13.1. The molecule has 0 unspecified atom stereocenters. The number of hydrogen-bond acceptors (Lipinski definition) is 4. The molecule has 180 valence electrons. The summed E-state index contributed by atoms with van der Waals surface area (Å²) in [6, 6.07) is 16.6. The lowest BCUT2D eigenvalue weighted by Gasteiger charge is -2.27. The van der Waals surface area contributed by atoms with Crippen molar-refractivity contribution in [2.75, 3.05) is 0 Å². The first-order valence-corrected chi connectivity index (χ1v) is 11.9. The fourth-order valence-electron chi connectivity index (χ4n) is 3.31. The Kier molecular flexibility index (Phi) is 7.35. The molecule has 0 saturated carbocycles. The Balaban J connectivity index is 1.77. The number of benzene rings is 3. The van der Waals surface area contributed by atoms with E-state index < -0.39 is 26.8 Å². The number of nitrogens with zero attached hydrogens (tertiary/aromatic N) is 1. The van der Waals surface area contributed by atoms with Crippen LogP contribution in [0.5, 0.6) is 5.75 Å². The number of rotatable bonds is 7. The molecular formula is C25H24F3NO4S. The number of halogens is 3. The highest BCUT2D eigenvalue weighted by atomic mass is 32.2. The SMILES string of the molecule is Cc1ccccc1C(=O)N(Cc1ccc(OS(=O)(=O)c2cccc(C(F)(F)F)c2)cc1)C(C)C.